The van der Waals surface area contributed by atoms with Gasteiger partial charge in [0.25, 0.3) is 0 Å². The highest BCUT2D eigenvalue weighted by Crippen LogP contribution is 2.36. The van der Waals surface area contributed by atoms with Gasteiger partial charge in [0.1, 0.15) is 0 Å². The number of para-hydroxylation sites is 1. The Kier molecular flexibility index (Phi) is 4.79. The Balaban J connectivity index is 1.25. The largest absolute Gasteiger partial charge is 0.339 e. The van der Waals surface area contributed by atoms with Crippen LogP contribution in [0.1, 0.15) is 0 Å². The molecule has 0 radical (unpaired) electrons. The van der Waals surface area contributed by atoms with Crippen molar-refractivity contribution in [2.24, 2.45) is 0 Å². The van der Waals surface area contributed by atoms with Crippen LogP contribution in [-0.4, -0.2) is 9.35 Å². The molecule has 0 saturated heterocycles. The molecule has 0 aliphatic heterocycles. The van der Waals surface area contributed by atoms with Crippen molar-refractivity contribution >= 4 is 43.6 Å². The van der Waals surface area contributed by atoms with E-state index in [1.165, 1.54) is 22.3 Å². The molecule has 0 fully saturated rings. The molecule has 0 atom stereocenters. The fourth-order valence-corrected chi connectivity index (χ4v) is 6.08. The molecule has 2 aromatic heterocycles. The van der Waals surface area contributed by atoms with Crippen LogP contribution < -0.4 is 11.7 Å². The molecular weight excluding hydrogens is 488 g/mol. The lowest BCUT2D eigenvalue weighted by Gasteiger charge is -2.06. The van der Waals surface area contributed by atoms with Gasteiger partial charge in [-0.1, -0.05) is 91.0 Å². The summed E-state index contributed by atoms with van der Waals surface area (Å²) in [6, 6.07) is 47.1. The van der Waals surface area contributed by atoms with E-state index in [0.717, 1.165) is 54.7 Å². The Labute approximate surface area is 231 Å². The Morgan fingerprint density at radius 2 is 0.650 bits per heavy atom. The zero-order valence-corrected chi connectivity index (χ0v) is 21.8. The standard InChI is InChI=1S/C36H26N4/c37-39-33-9-5-4-8-29(33)30-21-27(15-18-34(30)39)28-16-19-36-32(22-28)31-20-26(14-17-35(31)40(36)38)25-12-10-24(11-13-25)23-6-2-1-3-7-23/h1-22H,37-38H2. The summed E-state index contributed by atoms with van der Waals surface area (Å²) in [7, 11) is 0. The average molecular weight is 515 g/mol. The molecular formula is C36H26N4. The number of aromatic nitrogens is 2. The number of hydrogen-bond acceptors (Lipinski definition) is 2. The molecule has 6 aromatic carbocycles. The SMILES string of the molecule is Nn1c2ccccc2c2cc(-c3ccc4c(c3)c3cc(-c5ccc(-c6ccccc6)cc5)ccc3n4N)ccc21. The summed E-state index contributed by atoms with van der Waals surface area (Å²) in [6.45, 7) is 0. The number of fused-ring (bicyclic) bond motifs is 6. The second-order valence-electron chi connectivity index (χ2n) is 10.4. The average Bonchev–Trinajstić information content (AvgIpc) is 3.47. The molecule has 8 rings (SSSR count). The van der Waals surface area contributed by atoms with Gasteiger partial charge in [0, 0.05) is 21.5 Å². The first-order chi connectivity index (χ1) is 19.7. The molecule has 2 heterocycles. The second kappa shape index (κ2) is 8.52. The van der Waals surface area contributed by atoms with Gasteiger partial charge in [0.2, 0.25) is 0 Å². The number of rotatable bonds is 3. The lowest BCUT2D eigenvalue weighted by molar-refractivity contribution is 1.12. The van der Waals surface area contributed by atoms with Gasteiger partial charge in [-0.25, -0.2) is 0 Å². The summed E-state index contributed by atoms with van der Waals surface area (Å²) in [4.78, 5) is 0. The number of hydrogen-bond donors (Lipinski definition) is 2. The molecule has 190 valence electrons. The molecule has 0 spiro atoms. The Morgan fingerprint density at radius 3 is 1.20 bits per heavy atom. The monoisotopic (exact) mass is 514 g/mol. The molecule has 0 aliphatic rings. The first kappa shape index (κ1) is 22.5. The van der Waals surface area contributed by atoms with Gasteiger partial charge in [-0.15, -0.1) is 0 Å². The minimum Gasteiger partial charge on any atom is -0.339 e. The molecule has 0 unspecified atom stereocenters. The Hall–Kier alpha value is -5.48. The third kappa shape index (κ3) is 3.33. The van der Waals surface area contributed by atoms with Crippen molar-refractivity contribution in [2.75, 3.05) is 11.7 Å². The van der Waals surface area contributed by atoms with E-state index in [2.05, 4.69) is 121 Å². The molecule has 4 nitrogen and oxygen atoms in total. The third-order valence-corrected chi connectivity index (χ3v) is 8.17. The Bertz CT molecular complexity index is 2220. The second-order valence-corrected chi connectivity index (χ2v) is 10.4. The van der Waals surface area contributed by atoms with Crippen molar-refractivity contribution in [3.05, 3.63) is 133 Å². The molecule has 8 aromatic rings. The van der Waals surface area contributed by atoms with Crippen molar-refractivity contribution in [1.29, 1.82) is 0 Å². The van der Waals surface area contributed by atoms with E-state index in [-0.39, 0.29) is 0 Å². The number of nitrogen functional groups attached to an aromatic ring is 2. The molecule has 0 bridgehead atoms. The van der Waals surface area contributed by atoms with Crippen molar-refractivity contribution < 1.29 is 0 Å². The van der Waals surface area contributed by atoms with Crippen LogP contribution in [0.25, 0.3) is 77.0 Å². The first-order valence-corrected chi connectivity index (χ1v) is 13.4. The van der Waals surface area contributed by atoms with Gasteiger partial charge >= 0.3 is 0 Å². The maximum Gasteiger partial charge on any atom is 0.0704 e. The molecule has 0 saturated carbocycles. The van der Waals surface area contributed by atoms with E-state index in [1.54, 1.807) is 9.35 Å². The van der Waals surface area contributed by atoms with E-state index in [0.29, 0.717) is 0 Å². The molecule has 40 heavy (non-hydrogen) atoms. The van der Waals surface area contributed by atoms with Gasteiger partial charge in [0.15, 0.2) is 0 Å². The summed E-state index contributed by atoms with van der Waals surface area (Å²) in [5, 5.41) is 4.59. The quantitative estimate of drug-likeness (QED) is 0.233. The van der Waals surface area contributed by atoms with Gasteiger partial charge in [-0.3, -0.25) is 9.35 Å². The maximum absolute atomic E-state index is 6.58. The summed E-state index contributed by atoms with van der Waals surface area (Å²) in [6.07, 6.45) is 0. The van der Waals surface area contributed by atoms with Gasteiger partial charge < -0.3 is 11.7 Å². The molecule has 0 amide bonds. The number of nitrogens with two attached hydrogens (primary N) is 2. The lowest BCUT2D eigenvalue weighted by Crippen LogP contribution is -2.06. The predicted octanol–water partition coefficient (Wildman–Crippen LogP) is 8.33. The highest BCUT2D eigenvalue weighted by Gasteiger charge is 2.14. The van der Waals surface area contributed by atoms with Crippen LogP contribution in [0.4, 0.5) is 0 Å². The van der Waals surface area contributed by atoms with Crippen molar-refractivity contribution in [3.63, 3.8) is 0 Å². The fraction of sp³-hybridized carbons (Fsp3) is 0. The van der Waals surface area contributed by atoms with Crippen LogP contribution in [0.3, 0.4) is 0 Å². The first-order valence-electron chi connectivity index (χ1n) is 13.4. The lowest BCUT2D eigenvalue weighted by atomic mass is 9.98. The van der Waals surface area contributed by atoms with Crippen LogP contribution >= 0.6 is 0 Å². The number of nitrogens with zero attached hydrogens (tertiary/aromatic N) is 2. The summed E-state index contributed by atoms with van der Waals surface area (Å²) in [5.41, 5.74) is 11.1. The van der Waals surface area contributed by atoms with Crippen molar-refractivity contribution in [1.82, 2.24) is 9.35 Å². The zero-order chi connectivity index (χ0) is 26.8. The summed E-state index contributed by atoms with van der Waals surface area (Å²) >= 11 is 0. The fourth-order valence-electron chi connectivity index (χ4n) is 6.08. The van der Waals surface area contributed by atoms with E-state index in [9.17, 15) is 0 Å². The Morgan fingerprint density at radius 1 is 0.300 bits per heavy atom. The third-order valence-electron chi connectivity index (χ3n) is 8.17. The zero-order valence-electron chi connectivity index (χ0n) is 21.8. The van der Waals surface area contributed by atoms with Crippen LogP contribution in [0.2, 0.25) is 0 Å². The maximum atomic E-state index is 6.58. The van der Waals surface area contributed by atoms with E-state index in [4.69, 9.17) is 11.7 Å². The molecule has 4 heteroatoms. The van der Waals surface area contributed by atoms with E-state index < -0.39 is 0 Å². The highest BCUT2D eigenvalue weighted by molar-refractivity contribution is 6.12. The van der Waals surface area contributed by atoms with Crippen molar-refractivity contribution in [2.45, 2.75) is 0 Å². The van der Waals surface area contributed by atoms with E-state index in [1.807, 2.05) is 12.1 Å². The molecule has 4 N–H and O–H groups in total. The molecule has 0 aliphatic carbocycles. The van der Waals surface area contributed by atoms with Crippen LogP contribution in [0, 0.1) is 0 Å². The summed E-state index contributed by atoms with van der Waals surface area (Å²) in [5.74, 6) is 13.0. The van der Waals surface area contributed by atoms with Gasteiger partial charge in [-0.05, 0) is 75.8 Å². The van der Waals surface area contributed by atoms with Gasteiger partial charge in [-0.2, -0.15) is 0 Å². The topological polar surface area (TPSA) is 61.9 Å². The van der Waals surface area contributed by atoms with E-state index >= 15 is 0 Å². The van der Waals surface area contributed by atoms with Crippen LogP contribution in [0.5, 0.6) is 0 Å². The van der Waals surface area contributed by atoms with Crippen molar-refractivity contribution in [3.8, 4) is 33.4 Å². The van der Waals surface area contributed by atoms with Crippen LogP contribution in [-0.2, 0) is 0 Å². The minimum absolute atomic E-state index is 1.01. The van der Waals surface area contributed by atoms with Gasteiger partial charge in [0.05, 0.1) is 22.1 Å². The number of benzene rings is 6. The normalized spacial score (nSPS) is 11.7. The predicted molar refractivity (Wildman–Crippen MR) is 169 cm³/mol. The summed E-state index contributed by atoms with van der Waals surface area (Å²) < 4.78 is 3.57. The smallest absolute Gasteiger partial charge is 0.0704 e. The highest BCUT2D eigenvalue weighted by atomic mass is 15.3. The van der Waals surface area contributed by atoms with Crippen LogP contribution in [0.15, 0.2) is 133 Å². The minimum atomic E-state index is 1.01.